The largest absolute Gasteiger partial charge is 0.497 e. The van der Waals surface area contributed by atoms with E-state index in [-0.39, 0.29) is 4.90 Å². The van der Waals surface area contributed by atoms with Gasteiger partial charge in [-0.05, 0) is 83.6 Å². The van der Waals surface area contributed by atoms with Crippen LogP contribution >= 0.6 is 33.9 Å². The van der Waals surface area contributed by atoms with Crippen LogP contribution in [0, 0.1) is 10.5 Å². The number of hydrogen-bond donors (Lipinski definition) is 1. The molecule has 1 N–H and O–H groups in total. The zero-order chi connectivity index (χ0) is 23.9. The number of nitrogens with one attached hydrogen (secondary N) is 1. The number of aromatic nitrogens is 1. The molecule has 0 saturated carbocycles. The lowest BCUT2D eigenvalue weighted by Crippen LogP contribution is -2.13. The fraction of sp³-hybridized carbons (Fsp3) is 0.0800. The molecule has 0 aliphatic rings. The summed E-state index contributed by atoms with van der Waals surface area (Å²) in [6.45, 7) is 1.85. The predicted octanol–water partition coefficient (Wildman–Crippen LogP) is 6.95. The highest BCUT2D eigenvalue weighted by atomic mass is 127. The monoisotopic (exact) mass is 602 g/mol. The van der Waals surface area contributed by atoms with E-state index in [4.69, 9.17) is 14.1 Å². The van der Waals surface area contributed by atoms with E-state index in [1.165, 1.54) is 11.3 Å². The minimum absolute atomic E-state index is 0.200. The standard InChI is InChI=1S/C25H19IN2O4S2/c1-15-12-20(28-34(29,30)19-9-4-7-17(26)14-19)23-22(16-6-3-8-18(13-16)31-2)24(33-25(23)27-15)21-10-5-11-32-21/h3-14H,1-2H3,(H,27,28). The average Bonchev–Trinajstić information content (AvgIpc) is 3.47. The summed E-state index contributed by atoms with van der Waals surface area (Å²) in [4.78, 5) is 6.50. The number of pyridine rings is 1. The van der Waals surface area contributed by atoms with Gasteiger partial charge in [0.2, 0.25) is 0 Å². The van der Waals surface area contributed by atoms with Gasteiger partial charge >= 0.3 is 0 Å². The Balaban J connectivity index is 1.78. The van der Waals surface area contributed by atoms with Crippen molar-refractivity contribution in [3.05, 3.63) is 82.3 Å². The number of sulfonamides is 1. The van der Waals surface area contributed by atoms with E-state index in [2.05, 4.69) is 27.3 Å². The first-order chi connectivity index (χ1) is 16.4. The Bertz CT molecular complexity index is 1610. The van der Waals surface area contributed by atoms with Gasteiger partial charge < -0.3 is 9.15 Å². The molecule has 0 aliphatic heterocycles. The molecular weight excluding hydrogens is 583 g/mol. The zero-order valence-corrected chi connectivity index (χ0v) is 22.0. The van der Waals surface area contributed by atoms with E-state index in [1.54, 1.807) is 37.6 Å². The third kappa shape index (κ3) is 4.30. The third-order valence-corrected chi connectivity index (χ3v) is 8.38. The molecule has 0 unspecified atom stereocenters. The lowest BCUT2D eigenvalue weighted by atomic mass is 10.0. The molecule has 0 amide bonds. The van der Waals surface area contributed by atoms with Crippen molar-refractivity contribution < 1.29 is 17.6 Å². The summed E-state index contributed by atoms with van der Waals surface area (Å²) < 4.78 is 41.5. The first kappa shape index (κ1) is 22.9. The van der Waals surface area contributed by atoms with Crippen LogP contribution in [0.25, 0.3) is 32.0 Å². The van der Waals surface area contributed by atoms with Gasteiger partial charge in [-0.3, -0.25) is 4.72 Å². The topological polar surface area (TPSA) is 81.4 Å². The van der Waals surface area contributed by atoms with Crippen molar-refractivity contribution in [2.45, 2.75) is 11.8 Å². The van der Waals surface area contributed by atoms with Gasteiger partial charge in [-0.25, -0.2) is 13.4 Å². The second-order valence-electron chi connectivity index (χ2n) is 7.57. The number of nitrogens with zero attached hydrogens (tertiary/aromatic N) is 1. The van der Waals surface area contributed by atoms with Crippen molar-refractivity contribution in [3.8, 4) is 27.5 Å². The van der Waals surface area contributed by atoms with Gasteiger partial charge in [0.25, 0.3) is 10.0 Å². The van der Waals surface area contributed by atoms with E-state index in [0.29, 0.717) is 33.1 Å². The molecule has 0 bridgehead atoms. The number of benzene rings is 2. The molecule has 5 aromatic rings. The maximum absolute atomic E-state index is 13.3. The van der Waals surface area contributed by atoms with Crippen molar-refractivity contribution in [2.24, 2.45) is 0 Å². The van der Waals surface area contributed by atoms with Crippen LogP contribution in [0.4, 0.5) is 5.69 Å². The van der Waals surface area contributed by atoms with Gasteiger partial charge in [0.1, 0.15) is 16.3 Å². The molecule has 0 radical (unpaired) electrons. The first-order valence-electron chi connectivity index (χ1n) is 10.3. The summed E-state index contributed by atoms with van der Waals surface area (Å²) in [5, 5.41) is 0.712. The summed E-state index contributed by atoms with van der Waals surface area (Å²) in [5.74, 6) is 1.38. The molecule has 34 heavy (non-hydrogen) atoms. The minimum atomic E-state index is -3.83. The molecule has 0 saturated heterocycles. The molecule has 3 aromatic heterocycles. The van der Waals surface area contributed by atoms with Crippen LogP contribution in [0.3, 0.4) is 0 Å². The smallest absolute Gasteiger partial charge is 0.261 e. The number of methoxy groups -OCH3 is 1. The highest BCUT2D eigenvalue weighted by Crippen LogP contribution is 2.48. The van der Waals surface area contributed by atoms with Crippen LogP contribution < -0.4 is 9.46 Å². The molecule has 0 spiro atoms. The van der Waals surface area contributed by atoms with E-state index in [9.17, 15) is 8.42 Å². The second kappa shape index (κ2) is 9.05. The van der Waals surface area contributed by atoms with E-state index in [1.807, 2.05) is 49.4 Å². The lowest BCUT2D eigenvalue weighted by Gasteiger charge is -2.13. The number of anilines is 1. The van der Waals surface area contributed by atoms with Gasteiger partial charge in [-0.1, -0.05) is 18.2 Å². The van der Waals surface area contributed by atoms with Crippen molar-refractivity contribution in [2.75, 3.05) is 11.8 Å². The number of hydrogen-bond acceptors (Lipinski definition) is 6. The predicted molar refractivity (Wildman–Crippen MR) is 144 cm³/mol. The second-order valence-corrected chi connectivity index (χ2v) is 11.5. The number of aryl methyl sites for hydroxylation is 1. The van der Waals surface area contributed by atoms with Crippen molar-refractivity contribution in [1.82, 2.24) is 4.98 Å². The number of thiophene rings is 1. The van der Waals surface area contributed by atoms with E-state index < -0.39 is 10.0 Å². The number of furan rings is 1. The maximum Gasteiger partial charge on any atom is 0.261 e. The Morgan fingerprint density at radius 2 is 1.88 bits per heavy atom. The quantitative estimate of drug-likeness (QED) is 0.213. The summed E-state index contributed by atoms with van der Waals surface area (Å²) in [6, 6.07) is 19.9. The summed E-state index contributed by atoms with van der Waals surface area (Å²) in [5.41, 5.74) is 2.88. The molecule has 6 nitrogen and oxygen atoms in total. The van der Waals surface area contributed by atoms with Crippen LogP contribution in [-0.2, 0) is 10.0 Å². The molecule has 2 aromatic carbocycles. The average molecular weight is 602 g/mol. The third-order valence-electron chi connectivity index (χ3n) is 5.24. The van der Waals surface area contributed by atoms with E-state index in [0.717, 1.165) is 19.6 Å². The van der Waals surface area contributed by atoms with Crippen LogP contribution in [0.15, 0.2) is 82.3 Å². The van der Waals surface area contributed by atoms with Crippen molar-refractivity contribution in [1.29, 1.82) is 0 Å². The minimum Gasteiger partial charge on any atom is -0.497 e. The molecule has 172 valence electrons. The maximum atomic E-state index is 13.3. The van der Waals surface area contributed by atoms with E-state index >= 15 is 0 Å². The first-order valence-corrected chi connectivity index (χ1v) is 13.6. The highest BCUT2D eigenvalue weighted by molar-refractivity contribution is 14.1. The van der Waals surface area contributed by atoms with Crippen LogP contribution in [0.5, 0.6) is 5.75 Å². The van der Waals surface area contributed by atoms with Gasteiger partial charge in [0.15, 0.2) is 0 Å². The van der Waals surface area contributed by atoms with Crippen LogP contribution in [0.1, 0.15) is 5.69 Å². The summed E-state index contributed by atoms with van der Waals surface area (Å²) >= 11 is 3.56. The molecule has 0 fully saturated rings. The molecular formula is C25H19IN2O4S2. The van der Waals surface area contributed by atoms with Gasteiger partial charge in [-0.15, -0.1) is 11.3 Å². The Kier molecular flexibility index (Phi) is 6.09. The number of ether oxygens (including phenoxy) is 1. The highest BCUT2D eigenvalue weighted by Gasteiger charge is 2.24. The Hall–Kier alpha value is -2.89. The molecule has 3 heterocycles. The number of halogens is 1. The lowest BCUT2D eigenvalue weighted by molar-refractivity contribution is 0.415. The van der Waals surface area contributed by atoms with Gasteiger partial charge in [0, 0.05) is 20.2 Å². The van der Waals surface area contributed by atoms with Crippen LogP contribution in [-0.4, -0.2) is 20.5 Å². The normalized spacial score (nSPS) is 11.6. The van der Waals surface area contributed by atoms with Crippen LogP contribution in [0.2, 0.25) is 0 Å². The Labute approximate surface area is 214 Å². The van der Waals surface area contributed by atoms with Crippen molar-refractivity contribution in [3.63, 3.8) is 0 Å². The molecule has 0 atom stereocenters. The molecule has 0 aliphatic carbocycles. The van der Waals surface area contributed by atoms with Gasteiger partial charge in [-0.2, -0.15) is 0 Å². The Morgan fingerprint density at radius 3 is 2.62 bits per heavy atom. The Morgan fingerprint density at radius 1 is 1.06 bits per heavy atom. The zero-order valence-electron chi connectivity index (χ0n) is 18.2. The fourth-order valence-electron chi connectivity index (χ4n) is 3.77. The van der Waals surface area contributed by atoms with Gasteiger partial charge in [0.05, 0.1) is 28.8 Å². The SMILES string of the molecule is COc1cccc(-c2c(-c3ccco3)sc3nc(C)cc(NS(=O)(=O)c4cccc(I)c4)c23)c1. The fourth-order valence-corrected chi connectivity index (χ4v) is 6.87. The summed E-state index contributed by atoms with van der Waals surface area (Å²) in [6.07, 6.45) is 1.62. The molecule has 9 heteroatoms. The summed E-state index contributed by atoms with van der Waals surface area (Å²) in [7, 11) is -2.21. The van der Waals surface area contributed by atoms with Crippen molar-refractivity contribution >= 4 is 59.9 Å². The molecule has 5 rings (SSSR count). The number of fused-ring (bicyclic) bond motifs is 1. The number of rotatable bonds is 6.